The molecule has 0 radical (unpaired) electrons. The highest BCUT2D eigenvalue weighted by Crippen LogP contribution is 2.24. The van der Waals surface area contributed by atoms with Crippen LogP contribution in [-0.2, 0) is 0 Å². The van der Waals surface area contributed by atoms with Crippen LogP contribution in [-0.4, -0.2) is 13.0 Å². The van der Waals surface area contributed by atoms with E-state index < -0.39 is 0 Å². The van der Waals surface area contributed by atoms with E-state index in [9.17, 15) is 4.79 Å². The van der Waals surface area contributed by atoms with E-state index in [2.05, 4.69) is 28.6 Å². The molecule has 2 aromatic carbocycles. The van der Waals surface area contributed by atoms with Gasteiger partial charge in [-0.3, -0.25) is 4.79 Å². The number of nitrogens with zero attached hydrogens (tertiary/aromatic N) is 1. The van der Waals surface area contributed by atoms with Crippen LogP contribution in [0.1, 0.15) is 15.9 Å². The summed E-state index contributed by atoms with van der Waals surface area (Å²) in [5.41, 5.74) is 2.61. The van der Waals surface area contributed by atoms with Crippen molar-refractivity contribution in [3.63, 3.8) is 0 Å². The zero-order valence-electron chi connectivity index (χ0n) is 10.7. The summed E-state index contributed by atoms with van der Waals surface area (Å²) in [6, 6.07) is 13.3. The summed E-state index contributed by atoms with van der Waals surface area (Å²) in [6.07, 6.45) is 0. The molecule has 2 nitrogen and oxygen atoms in total. The average molecular weight is 336 g/mol. The van der Waals surface area contributed by atoms with Crippen LogP contribution < -0.4 is 4.90 Å². The van der Waals surface area contributed by atoms with Gasteiger partial charge in [0.15, 0.2) is 0 Å². The summed E-state index contributed by atoms with van der Waals surface area (Å²) < 4.78 is 0.773. The average Bonchev–Trinajstić information content (AvgIpc) is 2.40. The van der Waals surface area contributed by atoms with Gasteiger partial charge in [0.1, 0.15) is 0 Å². The number of benzene rings is 2. The Morgan fingerprint density at radius 3 is 2.63 bits per heavy atom. The Balaban J connectivity index is 2.36. The van der Waals surface area contributed by atoms with Crippen LogP contribution in [0.2, 0.25) is 0 Å². The van der Waals surface area contributed by atoms with Gasteiger partial charge >= 0.3 is 0 Å². The maximum atomic E-state index is 12.5. The SMILES string of the molecule is Cc1cccc(N(C)C(=O)c2cc(S)ccc2Br)c1. The minimum absolute atomic E-state index is 0.0617. The molecule has 98 valence electrons. The van der Waals surface area contributed by atoms with Gasteiger partial charge in [-0.25, -0.2) is 0 Å². The number of rotatable bonds is 2. The minimum atomic E-state index is -0.0617. The molecule has 0 spiro atoms. The van der Waals surface area contributed by atoms with E-state index in [0.717, 1.165) is 20.6 Å². The van der Waals surface area contributed by atoms with Crippen molar-refractivity contribution in [2.24, 2.45) is 0 Å². The molecule has 0 aliphatic carbocycles. The first-order chi connectivity index (χ1) is 8.99. The Kier molecular flexibility index (Phi) is 4.32. The third kappa shape index (κ3) is 3.19. The molecule has 0 heterocycles. The van der Waals surface area contributed by atoms with E-state index >= 15 is 0 Å². The van der Waals surface area contributed by atoms with E-state index in [1.54, 1.807) is 18.0 Å². The molecule has 0 saturated heterocycles. The van der Waals surface area contributed by atoms with Gasteiger partial charge < -0.3 is 4.90 Å². The van der Waals surface area contributed by atoms with Crippen molar-refractivity contribution in [1.82, 2.24) is 0 Å². The van der Waals surface area contributed by atoms with Crippen molar-refractivity contribution in [2.75, 3.05) is 11.9 Å². The van der Waals surface area contributed by atoms with Gasteiger partial charge in [0.05, 0.1) is 5.56 Å². The Morgan fingerprint density at radius 1 is 1.21 bits per heavy atom. The van der Waals surface area contributed by atoms with Gasteiger partial charge in [-0.15, -0.1) is 12.6 Å². The number of anilines is 1. The second kappa shape index (κ2) is 5.80. The number of halogens is 1. The van der Waals surface area contributed by atoms with E-state index in [1.807, 2.05) is 43.3 Å². The van der Waals surface area contributed by atoms with E-state index in [4.69, 9.17) is 0 Å². The van der Waals surface area contributed by atoms with Crippen LogP contribution in [0.15, 0.2) is 51.8 Å². The lowest BCUT2D eigenvalue weighted by atomic mass is 10.1. The second-order valence-electron chi connectivity index (χ2n) is 4.37. The molecular weight excluding hydrogens is 322 g/mol. The number of aryl methyl sites for hydroxylation is 1. The zero-order chi connectivity index (χ0) is 14.0. The van der Waals surface area contributed by atoms with Crippen LogP contribution in [0, 0.1) is 6.92 Å². The monoisotopic (exact) mass is 335 g/mol. The standard InChI is InChI=1S/C15H14BrNOS/c1-10-4-3-5-11(8-10)17(2)15(18)13-9-12(19)6-7-14(13)16/h3-9,19H,1-2H3. The number of thiol groups is 1. The van der Waals surface area contributed by atoms with Crippen LogP contribution >= 0.6 is 28.6 Å². The van der Waals surface area contributed by atoms with Crippen LogP contribution in [0.3, 0.4) is 0 Å². The quantitative estimate of drug-likeness (QED) is 0.810. The van der Waals surface area contributed by atoms with Gasteiger partial charge in [0.25, 0.3) is 5.91 Å². The van der Waals surface area contributed by atoms with Gasteiger partial charge in [0, 0.05) is 22.1 Å². The van der Waals surface area contributed by atoms with Gasteiger partial charge in [0.2, 0.25) is 0 Å². The first kappa shape index (κ1) is 14.2. The Hall–Kier alpha value is -1.26. The number of amides is 1. The summed E-state index contributed by atoms with van der Waals surface area (Å²) in [5.74, 6) is -0.0617. The summed E-state index contributed by atoms with van der Waals surface area (Å²) >= 11 is 7.68. The summed E-state index contributed by atoms with van der Waals surface area (Å²) in [5, 5.41) is 0. The normalized spacial score (nSPS) is 10.3. The maximum absolute atomic E-state index is 12.5. The molecule has 0 aromatic heterocycles. The first-order valence-corrected chi connectivity index (χ1v) is 7.06. The molecule has 0 unspecified atom stereocenters. The number of carbonyl (C=O) groups is 1. The third-order valence-electron chi connectivity index (χ3n) is 2.87. The Labute approximate surface area is 127 Å². The molecule has 2 rings (SSSR count). The van der Waals surface area contributed by atoms with Crippen molar-refractivity contribution in [2.45, 2.75) is 11.8 Å². The number of carbonyl (C=O) groups excluding carboxylic acids is 1. The van der Waals surface area contributed by atoms with Crippen molar-refractivity contribution in [1.29, 1.82) is 0 Å². The van der Waals surface area contributed by atoms with Gasteiger partial charge in [-0.1, -0.05) is 12.1 Å². The molecule has 4 heteroatoms. The smallest absolute Gasteiger partial charge is 0.259 e. The highest BCUT2D eigenvalue weighted by atomic mass is 79.9. The van der Waals surface area contributed by atoms with E-state index in [1.165, 1.54) is 0 Å². The summed E-state index contributed by atoms with van der Waals surface area (Å²) in [6.45, 7) is 2.01. The first-order valence-electron chi connectivity index (χ1n) is 5.82. The fourth-order valence-corrected chi connectivity index (χ4v) is 2.43. The third-order valence-corrected chi connectivity index (χ3v) is 3.84. The Bertz CT molecular complexity index is 627. The van der Waals surface area contributed by atoms with Crippen molar-refractivity contribution >= 4 is 40.2 Å². The minimum Gasteiger partial charge on any atom is -0.311 e. The van der Waals surface area contributed by atoms with Crippen molar-refractivity contribution < 1.29 is 4.79 Å². The highest BCUT2D eigenvalue weighted by molar-refractivity contribution is 9.10. The molecule has 0 N–H and O–H groups in total. The Morgan fingerprint density at radius 2 is 1.95 bits per heavy atom. The van der Waals surface area contributed by atoms with Crippen molar-refractivity contribution in [3.05, 3.63) is 58.1 Å². The fraction of sp³-hybridized carbons (Fsp3) is 0.133. The van der Waals surface area contributed by atoms with E-state index in [0.29, 0.717) is 5.56 Å². The molecule has 0 atom stereocenters. The van der Waals surface area contributed by atoms with Crippen LogP contribution in [0.5, 0.6) is 0 Å². The van der Waals surface area contributed by atoms with Gasteiger partial charge in [-0.05, 0) is 58.7 Å². The van der Waals surface area contributed by atoms with Gasteiger partial charge in [-0.2, -0.15) is 0 Å². The van der Waals surface area contributed by atoms with E-state index in [-0.39, 0.29) is 5.91 Å². The molecule has 0 fully saturated rings. The molecule has 2 aromatic rings. The lowest BCUT2D eigenvalue weighted by molar-refractivity contribution is 0.0992. The predicted octanol–water partition coefficient (Wildman–Crippen LogP) is 4.32. The number of hydrogen-bond donors (Lipinski definition) is 1. The molecule has 19 heavy (non-hydrogen) atoms. The number of hydrogen-bond acceptors (Lipinski definition) is 2. The molecular formula is C15H14BrNOS. The lowest BCUT2D eigenvalue weighted by Crippen LogP contribution is -2.26. The summed E-state index contributed by atoms with van der Waals surface area (Å²) in [4.78, 5) is 14.9. The molecule has 0 aliphatic rings. The molecule has 0 saturated carbocycles. The molecule has 1 amide bonds. The fourth-order valence-electron chi connectivity index (χ4n) is 1.81. The predicted molar refractivity (Wildman–Crippen MR) is 85.3 cm³/mol. The largest absolute Gasteiger partial charge is 0.311 e. The zero-order valence-corrected chi connectivity index (χ0v) is 13.2. The maximum Gasteiger partial charge on any atom is 0.259 e. The van der Waals surface area contributed by atoms with Crippen molar-refractivity contribution in [3.8, 4) is 0 Å². The van der Waals surface area contributed by atoms with Crippen LogP contribution in [0.25, 0.3) is 0 Å². The molecule has 0 aliphatic heterocycles. The lowest BCUT2D eigenvalue weighted by Gasteiger charge is -2.18. The topological polar surface area (TPSA) is 20.3 Å². The molecule has 0 bridgehead atoms. The highest BCUT2D eigenvalue weighted by Gasteiger charge is 2.16. The van der Waals surface area contributed by atoms with Crippen LogP contribution in [0.4, 0.5) is 5.69 Å². The summed E-state index contributed by atoms with van der Waals surface area (Å²) in [7, 11) is 1.77. The second-order valence-corrected chi connectivity index (χ2v) is 5.74.